The Morgan fingerprint density at radius 3 is 2.54 bits per heavy atom. The van der Waals surface area contributed by atoms with Crippen molar-refractivity contribution in [1.82, 2.24) is 19.7 Å². The van der Waals surface area contributed by atoms with E-state index in [-0.39, 0.29) is 5.63 Å². The number of thioether (sulfide) groups is 1. The van der Waals surface area contributed by atoms with Gasteiger partial charge in [-0.1, -0.05) is 55.9 Å². The number of nitrogens with zero attached hydrogens (tertiary/aromatic N) is 4. The van der Waals surface area contributed by atoms with Crippen molar-refractivity contribution >= 4 is 22.7 Å². The number of aryl methyl sites for hydroxylation is 1. The van der Waals surface area contributed by atoms with Gasteiger partial charge in [0.25, 0.3) is 0 Å². The second-order valence-corrected chi connectivity index (χ2v) is 10.6. The molecule has 0 atom stereocenters. The summed E-state index contributed by atoms with van der Waals surface area (Å²) in [6.07, 6.45) is 2.49. The molecule has 0 spiro atoms. The maximum Gasteiger partial charge on any atom is 0.336 e. The van der Waals surface area contributed by atoms with Crippen molar-refractivity contribution in [3.63, 3.8) is 0 Å². The van der Waals surface area contributed by atoms with Crippen molar-refractivity contribution in [2.24, 2.45) is 0 Å². The molecule has 6 nitrogen and oxygen atoms in total. The smallest absolute Gasteiger partial charge is 0.336 e. The highest BCUT2D eigenvalue weighted by Gasteiger charge is 2.19. The van der Waals surface area contributed by atoms with Gasteiger partial charge in [0.15, 0.2) is 5.16 Å². The quantitative estimate of drug-likeness (QED) is 0.232. The van der Waals surface area contributed by atoms with E-state index < -0.39 is 0 Å². The normalized spacial score (nSPS) is 14.4. The molecule has 4 aromatic rings. The third-order valence-corrected chi connectivity index (χ3v) is 7.75. The molecule has 0 radical (unpaired) electrons. The number of hydrogen-bond acceptors (Lipinski definition) is 6. The number of likely N-dealkylation sites (tertiary alicyclic amines) is 1. The molecule has 182 valence electrons. The average Bonchev–Trinajstić information content (AvgIpc) is 3.48. The fourth-order valence-corrected chi connectivity index (χ4v) is 5.83. The summed E-state index contributed by atoms with van der Waals surface area (Å²) in [6.45, 7) is 10.2. The molecule has 7 heteroatoms. The fraction of sp³-hybridized carbons (Fsp3) is 0.393. The number of hydrogen-bond donors (Lipinski definition) is 0. The highest BCUT2D eigenvalue weighted by atomic mass is 32.2. The lowest BCUT2D eigenvalue weighted by Crippen LogP contribution is -2.21. The molecule has 0 bridgehead atoms. The van der Waals surface area contributed by atoms with Crippen LogP contribution in [0.4, 0.5) is 0 Å². The predicted molar refractivity (Wildman–Crippen MR) is 141 cm³/mol. The zero-order valence-corrected chi connectivity index (χ0v) is 21.5. The average molecular weight is 489 g/mol. The number of benzene rings is 2. The van der Waals surface area contributed by atoms with Crippen molar-refractivity contribution in [2.75, 3.05) is 13.1 Å². The molecular formula is C28H32N4O2S. The summed E-state index contributed by atoms with van der Waals surface area (Å²) >= 11 is 1.63. The molecule has 3 heterocycles. The molecule has 1 aliphatic heterocycles. The lowest BCUT2D eigenvalue weighted by atomic mass is 9.95. The van der Waals surface area contributed by atoms with Gasteiger partial charge in [0, 0.05) is 17.2 Å². The SMILES string of the molecule is Cc1cc2oc(=O)cc(CSc3nnc(CN4CCCC4)n3Cc3ccccc3)c2cc1C(C)C. The van der Waals surface area contributed by atoms with Crippen LogP contribution in [0.1, 0.15) is 60.7 Å². The van der Waals surface area contributed by atoms with Crippen molar-refractivity contribution in [1.29, 1.82) is 0 Å². The summed E-state index contributed by atoms with van der Waals surface area (Å²) in [6, 6.07) is 16.2. The second-order valence-electron chi connectivity index (χ2n) is 9.69. The highest BCUT2D eigenvalue weighted by Crippen LogP contribution is 2.30. The van der Waals surface area contributed by atoms with Gasteiger partial charge in [0.1, 0.15) is 11.4 Å². The van der Waals surface area contributed by atoms with Crippen molar-refractivity contribution in [3.05, 3.63) is 87.0 Å². The Bertz CT molecular complexity index is 1370. The van der Waals surface area contributed by atoms with Gasteiger partial charge in [0.05, 0.1) is 13.1 Å². The van der Waals surface area contributed by atoms with Crippen molar-refractivity contribution in [3.8, 4) is 0 Å². The monoisotopic (exact) mass is 488 g/mol. The number of rotatable bonds is 8. The van der Waals surface area contributed by atoms with E-state index in [0.717, 1.165) is 53.7 Å². The Balaban J connectivity index is 1.46. The molecule has 0 unspecified atom stereocenters. The first-order valence-corrected chi connectivity index (χ1v) is 13.3. The Morgan fingerprint density at radius 1 is 1.03 bits per heavy atom. The van der Waals surface area contributed by atoms with E-state index in [0.29, 0.717) is 17.3 Å². The Labute approximate surface area is 210 Å². The number of fused-ring (bicyclic) bond motifs is 1. The molecule has 0 aliphatic carbocycles. The number of aromatic nitrogens is 3. The van der Waals surface area contributed by atoms with E-state index in [1.807, 2.05) is 12.1 Å². The van der Waals surface area contributed by atoms with Gasteiger partial charge in [0.2, 0.25) is 0 Å². The molecule has 0 amide bonds. The second kappa shape index (κ2) is 10.4. The van der Waals surface area contributed by atoms with E-state index in [1.165, 1.54) is 24.0 Å². The summed E-state index contributed by atoms with van der Waals surface area (Å²) in [7, 11) is 0. The molecule has 0 N–H and O–H groups in total. The van der Waals surface area contributed by atoms with E-state index in [9.17, 15) is 4.79 Å². The lowest BCUT2D eigenvalue weighted by molar-refractivity contribution is 0.316. The van der Waals surface area contributed by atoms with Gasteiger partial charge in [-0.3, -0.25) is 4.90 Å². The van der Waals surface area contributed by atoms with Crippen LogP contribution in [-0.4, -0.2) is 32.8 Å². The summed E-state index contributed by atoms with van der Waals surface area (Å²) in [5, 5.41) is 11.0. The first kappa shape index (κ1) is 23.8. The van der Waals surface area contributed by atoms with Crippen molar-refractivity contribution in [2.45, 2.75) is 63.5 Å². The van der Waals surface area contributed by atoms with Crippen LogP contribution in [0.5, 0.6) is 0 Å². The summed E-state index contributed by atoms with van der Waals surface area (Å²) in [5.41, 5.74) is 4.95. The maximum atomic E-state index is 12.3. The maximum absolute atomic E-state index is 12.3. The van der Waals surface area contributed by atoms with E-state index in [4.69, 9.17) is 4.42 Å². The summed E-state index contributed by atoms with van der Waals surface area (Å²) in [5.74, 6) is 2.02. The van der Waals surface area contributed by atoms with Crippen molar-refractivity contribution < 1.29 is 4.42 Å². The van der Waals surface area contributed by atoms with Crippen LogP contribution in [0.25, 0.3) is 11.0 Å². The summed E-state index contributed by atoms with van der Waals surface area (Å²) < 4.78 is 7.78. The molecular weight excluding hydrogens is 456 g/mol. The Hall–Kier alpha value is -2.90. The molecule has 2 aromatic heterocycles. The van der Waals surface area contributed by atoms with Gasteiger partial charge >= 0.3 is 5.63 Å². The molecule has 0 saturated carbocycles. The lowest BCUT2D eigenvalue weighted by Gasteiger charge is -2.16. The Kier molecular flexibility index (Phi) is 7.07. The van der Waals surface area contributed by atoms with E-state index in [2.05, 4.69) is 70.8 Å². The summed E-state index contributed by atoms with van der Waals surface area (Å²) in [4.78, 5) is 14.8. The molecule has 1 fully saturated rings. The first-order chi connectivity index (χ1) is 17.0. The zero-order chi connectivity index (χ0) is 24.4. The molecule has 5 rings (SSSR count). The van der Waals surface area contributed by atoms with E-state index >= 15 is 0 Å². The minimum Gasteiger partial charge on any atom is -0.423 e. The van der Waals surface area contributed by atoms with Crippen LogP contribution >= 0.6 is 11.8 Å². The molecule has 35 heavy (non-hydrogen) atoms. The van der Waals surface area contributed by atoms with E-state index in [1.54, 1.807) is 17.8 Å². The van der Waals surface area contributed by atoms with Gasteiger partial charge in [-0.2, -0.15) is 0 Å². The standard InChI is InChI=1S/C28H32N4O2S/c1-19(2)23-15-24-22(14-27(33)34-25(24)13-20(23)3)18-35-28-30-29-26(17-31-11-7-8-12-31)32(28)16-21-9-5-4-6-10-21/h4-6,9-10,13-15,19H,7-8,11-12,16-18H2,1-3H3. The van der Waals surface area contributed by atoms with Crippen LogP contribution < -0.4 is 5.63 Å². The van der Waals surface area contributed by atoms with Gasteiger partial charge in [-0.05, 0) is 73.2 Å². The largest absolute Gasteiger partial charge is 0.423 e. The van der Waals surface area contributed by atoms with Crippen LogP contribution in [0.15, 0.2) is 62.9 Å². The fourth-order valence-electron chi connectivity index (χ4n) is 4.88. The van der Waals surface area contributed by atoms with Crippen LogP contribution in [0.2, 0.25) is 0 Å². The third-order valence-electron chi connectivity index (χ3n) is 6.74. The molecule has 1 aliphatic rings. The zero-order valence-electron chi connectivity index (χ0n) is 20.7. The third kappa shape index (κ3) is 5.36. The van der Waals surface area contributed by atoms with Gasteiger partial charge in [-0.25, -0.2) is 4.79 Å². The van der Waals surface area contributed by atoms with Crippen LogP contribution in [0.3, 0.4) is 0 Å². The van der Waals surface area contributed by atoms with Crippen LogP contribution in [0, 0.1) is 6.92 Å². The minimum absolute atomic E-state index is 0.315. The van der Waals surface area contributed by atoms with Gasteiger partial charge in [-0.15, -0.1) is 10.2 Å². The highest BCUT2D eigenvalue weighted by molar-refractivity contribution is 7.98. The molecule has 1 saturated heterocycles. The Morgan fingerprint density at radius 2 is 1.80 bits per heavy atom. The topological polar surface area (TPSA) is 64.2 Å². The molecule has 2 aromatic carbocycles. The minimum atomic E-state index is -0.315. The first-order valence-electron chi connectivity index (χ1n) is 12.4. The predicted octanol–water partition coefficient (Wildman–Crippen LogP) is 5.75. The van der Waals surface area contributed by atoms with Gasteiger partial charge < -0.3 is 8.98 Å². The van der Waals surface area contributed by atoms with Crippen LogP contribution in [-0.2, 0) is 18.8 Å².